The van der Waals surface area contributed by atoms with Crippen LogP contribution in [0.25, 0.3) is 0 Å². The first-order valence-electron chi connectivity index (χ1n) is 7.20. The van der Waals surface area contributed by atoms with E-state index in [1.807, 2.05) is 0 Å². The minimum atomic E-state index is 0.190. The van der Waals surface area contributed by atoms with Gasteiger partial charge >= 0.3 is 0 Å². The van der Waals surface area contributed by atoms with Gasteiger partial charge in [-0.2, -0.15) is 0 Å². The van der Waals surface area contributed by atoms with Crippen molar-refractivity contribution in [1.29, 1.82) is 0 Å². The molecule has 1 heterocycles. The van der Waals surface area contributed by atoms with E-state index in [0.29, 0.717) is 0 Å². The highest BCUT2D eigenvalue weighted by Crippen LogP contribution is 2.49. The van der Waals surface area contributed by atoms with E-state index >= 15 is 0 Å². The van der Waals surface area contributed by atoms with Gasteiger partial charge in [-0.15, -0.1) is 0 Å². The summed E-state index contributed by atoms with van der Waals surface area (Å²) in [5.41, 5.74) is 0.394. The fraction of sp³-hybridized carbons (Fsp3) is 1.00. The normalized spacial score (nSPS) is 38.8. The smallest absolute Gasteiger partial charge is 0.0839 e. The summed E-state index contributed by atoms with van der Waals surface area (Å²) in [5, 5.41) is 3.68. The molecule has 0 aromatic carbocycles. The maximum atomic E-state index is 6.71. The fourth-order valence-corrected chi connectivity index (χ4v) is 3.80. The molecule has 0 aromatic heterocycles. The zero-order chi connectivity index (χ0) is 11.1. The summed E-state index contributed by atoms with van der Waals surface area (Å²) in [6, 6.07) is 0. The molecule has 16 heavy (non-hydrogen) atoms. The predicted octanol–water partition coefficient (Wildman–Crippen LogP) is 2.87. The molecule has 2 heteroatoms. The molecule has 2 nitrogen and oxygen atoms in total. The Bertz CT molecular complexity index is 250. The van der Waals surface area contributed by atoms with E-state index in [2.05, 4.69) is 12.2 Å². The topological polar surface area (TPSA) is 21.3 Å². The van der Waals surface area contributed by atoms with Crippen LogP contribution in [0.15, 0.2) is 0 Å². The summed E-state index contributed by atoms with van der Waals surface area (Å²) >= 11 is 0. The van der Waals surface area contributed by atoms with Gasteiger partial charge in [0.05, 0.1) is 11.2 Å². The van der Waals surface area contributed by atoms with E-state index in [4.69, 9.17) is 4.74 Å². The Kier molecular flexibility index (Phi) is 2.75. The number of morpholine rings is 1. The molecular formula is C14H25NO. The molecule has 0 amide bonds. The molecule has 1 saturated heterocycles. The zero-order valence-electron chi connectivity index (χ0n) is 10.6. The minimum absolute atomic E-state index is 0.190. The molecule has 1 N–H and O–H groups in total. The number of ether oxygens (including phenoxy) is 1. The lowest BCUT2D eigenvalue weighted by Crippen LogP contribution is -2.61. The molecule has 0 aromatic rings. The average molecular weight is 223 g/mol. The lowest BCUT2D eigenvalue weighted by atomic mass is 9.80. The van der Waals surface area contributed by atoms with Gasteiger partial charge in [0.1, 0.15) is 0 Å². The third-order valence-electron chi connectivity index (χ3n) is 4.98. The SMILES string of the molecule is CCC1(C2CC2)CNCC2(CCCCC2)O1. The van der Waals surface area contributed by atoms with E-state index in [1.165, 1.54) is 51.4 Å². The van der Waals surface area contributed by atoms with Crippen molar-refractivity contribution in [2.45, 2.75) is 69.5 Å². The highest BCUT2D eigenvalue weighted by atomic mass is 16.5. The minimum Gasteiger partial charge on any atom is -0.366 e. The molecule has 3 aliphatic rings. The van der Waals surface area contributed by atoms with Crippen molar-refractivity contribution in [2.24, 2.45) is 5.92 Å². The summed E-state index contributed by atoms with van der Waals surface area (Å²) in [7, 11) is 0. The molecule has 1 spiro atoms. The molecule has 2 aliphatic carbocycles. The molecule has 1 unspecified atom stereocenters. The Morgan fingerprint density at radius 2 is 1.88 bits per heavy atom. The van der Waals surface area contributed by atoms with Crippen LogP contribution >= 0.6 is 0 Å². The van der Waals surface area contributed by atoms with Gasteiger partial charge in [-0.1, -0.05) is 26.2 Å². The summed E-state index contributed by atoms with van der Waals surface area (Å²) in [4.78, 5) is 0. The van der Waals surface area contributed by atoms with Gasteiger partial charge in [0.25, 0.3) is 0 Å². The van der Waals surface area contributed by atoms with Crippen molar-refractivity contribution in [3.05, 3.63) is 0 Å². The summed E-state index contributed by atoms with van der Waals surface area (Å²) < 4.78 is 6.71. The van der Waals surface area contributed by atoms with Crippen LogP contribution in [-0.4, -0.2) is 24.3 Å². The Balaban J connectivity index is 1.76. The second-order valence-electron chi connectivity index (χ2n) is 6.14. The summed E-state index contributed by atoms with van der Waals surface area (Å²) in [5.74, 6) is 0.851. The monoisotopic (exact) mass is 223 g/mol. The molecule has 1 atom stereocenters. The molecule has 0 bridgehead atoms. The predicted molar refractivity (Wildman–Crippen MR) is 65.5 cm³/mol. The first kappa shape index (κ1) is 11.0. The molecule has 1 aliphatic heterocycles. The van der Waals surface area contributed by atoms with Crippen molar-refractivity contribution in [3.63, 3.8) is 0 Å². The van der Waals surface area contributed by atoms with Crippen LogP contribution in [0.1, 0.15) is 58.3 Å². The molecule has 0 radical (unpaired) electrons. The third kappa shape index (κ3) is 1.80. The zero-order valence-corrected chi connectivity index (χ0v) is 10.6. The van der Waals surface area contributed by atoms with Crippen LogP contribution in [0.5, 0.6) is 0 Å². The number of rotatable bonds is 2. The Morgan fingerprint density at radius 3 is 2.50 bits per heavy atom. The maximum absolute atomic E-state index is 6.71. The van der Waals surface area contributed by atoms with Crippen LogP contribution in [0.4, 0.5) is 0 Å². The van der Waals surface area contributed by atoms with Crippen molar-refractivity contribution in [1.82, 2.24) is 5.32 Å². The largest absolute Gasteiger partial charge is 0.366 e. The van der Waals surface area contributed by atoms with Crippen LogP contribution in [-0.2, 0) is 4.74 Å². The molecule has 3 fully saturated rings. The van der Waals surface area contributed by atoms with Crippen molar-refractivity contribution >= 4 is 0 Å². The van der Waals surface area contributed by atoms with Gasteiger partial charge in [-0.3, -0.25) is 0 Å². The summed E-state index contributed by atoms with van der Waals surface area (Å²) in [6.07, 6.45) is 10.7. The standard InChI is InChI=1S/C14H25NO/c1-2-14(12-6-7-12)11-15-10-13(16-14)8-4-3-5-9-13/h12,15H,2-11H2,1H3. The highest BCUT2D eigenvalue weighted by Gasteiger charge is 2.52. The number of hydrogen-bond donors (Lipinski definition) is 1. The molecule has 2 saturated carbocycles. The first-order chi connectivity index (χ1) is 7.79. The van der Waals surface area contributed by atoms with E-state index in [0.717, 1.165) is 19.0 Å². The lowest BCUT2D eigenvalue weighted by molar-refractivity contribution is -0.201. The molecule has 92 valence electrons. The van der Waals surface area contributed by atoms with Gasteiger partial charge < -0.3 is 10.1 Å². The van der Waals surface area contributed by atoms with Crippen LogP contribution in [0, 0.1) is 5.92 Å². The van der Waals surface area contributed by atoms with E-state index in [-0.39, 0.29) is 11.2 Å². The van der Waals surface area contributed by atoms with Crippen molar-refractivity contribution in [2.75, 3.05) is 13.1 Å². The highest BCUT2D eigenvalue weighted by molar-refractivity contribution is 5.04. The second kappa shape index (κ2) is 3.99. The lowest BCUT2D eigenvalue weighted by Gasteiger charge is -2.50. The second-order valence-corrected chi connectivity index (χ2v) is 6.14. The molecular weight excluding hydrogens is 198 g/mol. The number of nitrogens with one attached hydrogen (secondary N) is 1. The number of hydrogen-bond acceptors (Lipinski definition) is 2. The van der Waals surface area contributed by atoms with Gasteiger partial charge in [-0.05, 0) is 38.0 Å². The Labute approximate surface area is 99.1 Å². The Morgan fingerprint density at radius 1 is 1.12 bits per heavy atom. The van der Waals surface area contributed by atoms with E-state index in [1.54, 1.807) is 0 Å². The third-order valence-corrected chi connectivity index (χ3v) is 4.98. The van der Waals surface area contributed by atoms with E-state index in [9.17, 15) is 0 Å². The Hall–Kier alpha value is -0.0800. The van der Waals surface area contributed by atoms with Crippen molar-refractivity contribution in [3.8, 4) is 0 Å². The van der Waals surface area contributed by atoms with Gasteiger partial charge in [0, 0.05) is 13.1 Å². The average Bonchev–Trinajstić information content (AvgIpc) is 3.14. The molecule has 3 rings (SSSR count). The van der Waals surface area contributed by atoms with Gasteiger partial charge in [-0.25, -0.2) is 0 Å². The van der Waals surface area contributed by atoms with Gasteiger partial charge in [0.2, 0.25) is 0 Å². The first-order valence-corrected chi connectivity index (χ1v) is 7.20. The van der Waals surface area contributed by atoms with Crippen LogP contribution < -0.4 is 5.32 Å². The summed E-state index contributed by atoms with van der Waals surface area (Å²) in [6.45, 7) is 4.50. The van der Waals surface area contributed by atoms with Crippen LogP contribution in [0.3, 0.4) is 0 Å². The van der Waals surface area contributed by atoms with Crippen LogP contribution in [0.2, 0.25) is 0 Å². The van der Waals surface area contributed by atoms with E-state index < -0.39 is 0 Å². The quantitative estimate of drug-likeness (QED) is 0.777. The fourth-order valence-electron chi connectivity index (χ4n) is 3.80. The maximum Gasteiger partial charge on any atom is 0.0839 e. The van der Waals surface area contributed by atoms with Gasteiger partial charge in [0.15, 0.2) is 0 Å². The van der Waals surface area contributed by atoms with Crippen molar-refractivity contribution < 1.29 is 4.74 Å².